The van der Waals surface area contributed by atoms with Gasteiger partial charge in [-0.3, -0.25) is 13.9 Å². The summed E-state index contributed by atoms with van der Waals surface area (Å²) in [5, 5.41) is 0.204. The first-order chi connectivity index (χ1) is 17.9. The van der Waals surface area contributed by atoms with E-state index >= 15 is 0 Å². The van der Waals surface area contributed by atoms with Crippen LogP contribution in [0.2, 0.25) is 5.02 Å². The molecule has 0 saturated heterocycles. The number of benzene rings is 3. The zero-order valence-electron chi connectivity index (χ0n) is 20.6. The molecule has 0 aliphatic carbocycles. The zero-order chi connectivity index (χ0) is 26.5. The Kier molecular flexibility index (Phi) is 8.31. The van der Waals surface area contributed by atoms with E-state index in [1.165, 1.54) is 4.57 Å². The lowest BCUT2D eigenvalue weighted by Crippen LogP contribution is -2.39. The van der Waals surface area contributed by atoms with Crippen LogP contribution in [-0.4, -0.2) is 29.2 Å². The highest BCUT2D eigenvalue weighted by molar-refractivity contribution is 6.37. The van der Waals surface area contributed by atoms with Gasteiger partial charge in [0.1, 0.15) is 29.7 Å². The van der Waals surface area contributed by atoms with E-state index in [4.69, 9.17) is 42.1 Å². The average Bonchev–Trinajstić information content (AvgIpc) is 2.92. The van der Waals surface area contributed by atoms with Crippen LogP contribution in [0.25, 0.3) is 10.9 Å². The molecule has 8 nitrogen and oxygen atoms in total. The number of hydrogen-bond acceptors (Lipinski definition) is 6. The summed E-state index contributed by atoms with van der Waals surface area (Å²) in [4.78, 5) is 26.1. The predicted octanol–water partition coefficient (Wildman–Crippen LogP) is 4.77. The molecule has 37 heavy (non-hydrogen) atoms. The number of hydrogen-bond donors (Lipinski definition) is 0. The Morgan fingerprint density at radius 2 is 1.38 bits per heavy atom. The first kappa shape index (κ1) is 26.4. The molecule has 1 heterocycles. The molecule has 0 atom stereocenters. The number of halogens is 2. The molecule has 0 N–H and O–H groups in total. The Morgan fingerprint density at radius 1 is 0.838 bits per heavy atom. The lowest BCUT2D eigenvalue weighted by atomic mass is 10.2. The molecule has 194 valence electrons. The quantitative estimate of drug-likeness (QED) is 0.267. The Balaban J connectivity index is 1.78. The van der Waals surface area contributed by atoms with Crippen LogP contribution < -0.4 is 30.2 Å². The zero-order valence-corrected chi connectivity index (χ0v) is 22.1. The summed E-state index contributed by atoms with van der Waals surface area (Å²) in [6, 6.07) is 16.4. The third-order valence-corrected chi connectivity index (χ3v) is 6.44. The fraction of sp³-hybridized carbons (Fsp3) is 0.259. The smallest absolute Gasteiger partial charge is 0.331 e. The maximum absolute atomic E-state index is 13.2. The molecule has 4 aromatic rings. The van der Waals surface area contributed by atoms with Crippen molar-refractivity contribution in [3.63, 3.8) is 0 Å². The summed E-state index contributed by atoms with van der Waals surface area (Å²) in [5.74, 6) is 2.04. The Bertz CT molecular complexity index is 1510. The molecule has 0 fully saturated rings. The van der Waals surface area contributed by atoms with Gasteiger partial charge in [0.2, 0.25) is 0 Å². The number of rotatable bonds is 10. The number of ether oxygens (including phenoxy) is 4. The Labute approximate surface area is 223 Å². The van der Waals surface area contributed by atoms with Gasteiger partial charge < -0.3 is 18.9 Å². The molecule has 0 bridgehead atoms. The van der Waals surface area contributed by atoms with Gasteiger partial charge in [-0.25, -0.2) is 4.79 Å². The van der Waals surface area contributed by atoms with Crippen LogP contribution in [0, 0.1) is 0 Å². The second kappa shape index (κ2) is 11.6. The van der Waals surface area contributed by atoms with Gasteiger partial charge in [-0.1, -0.05) is 35.9 Å². The summed E-state index contributed by atoms with van der Waals surface area (Å²) < 4.78 is 25.0. The minimum atomic E-state index is -0.542. The van der Waals surface area contributed by atoms with E-state index < -0.39 is 11.2 Å². The molecule has 0 amide bonds. The van der Waals surface area contributed by atoms with Gasteiger partial charge in [0.25, 0.3) is 5.56 Å². The van der Waals surface area contributed by atoms with E-state index in [0.29, 0.717) is 11.3 Å². The highest BCUT2D eigenvalue weighted by Gasteiger charge is 2.22. The summed E-state index contributed by atoms with van der Waals surface area (Å²) >= 11 is 12.6. The van der Waals surface area contributed by atoms with Crippen LogP contribution in [0.15, 0.2) is 64.2 Å². The largest absolute Gasteiger partial charge is 0.497 e. The van der Waals surface area contributed by atoms with Crippen molar-refractivity contribution < 1.29 is 18.9 Å². The predicted molar refractivity (Wildman–Crippen MR) is 144 cm³/mol. The van der Waals surface area contributed by atoms with Crippen molar-refractivity contribution in [2.75, 3.05) is 20.1 Å². The van der Waals surface area contributed by atoms with Gasteiger partial charge in [-0.05, 0) is 35.4 Å². The fourth-order valence-corrected chi connectivity index (χ4v) is 4.35. The number of fused-ring (bicyclic) bond motifs is 1. The minimum absolute atomic E-state index is 0.0527. The lowest BCUT2D eigenvalue weighted by Gasteiger charge is -2.18. The molecular weight excluding hydrogens is 519 g/mol. The number of nitrogens with zero attached hydrogens (tertiary/aromatic N) is 2. The van der Waals surface area contributed by atoms with Gasteiger partial charge in [0.05, 0.1) is 25.1 Å². The van der Waals surface area contributed by atoms with E-state index in [1.54, 1.807) is 27.3 Å². The van der Waals surface area contributed by atoms with E-state index in [9.17, 15) is 9.59 Å². The SMILES string of the molecule is COc1ccc(COc2cc3c(c(Cl)c2OCc2ccc(OC)cc2)c(=O)n(CCCl)c(=O)n3C)cc1. The number of alkyl halides is 1. The highest BCUT2D eigenvalue weighted by atomic mass is 35.5. The molecular formula is C27H26Cl2N2O6. The summed E-state index contributed by atoms with van der Waals surface area (Å²) in [6.07, 6.45) is 0. The summed E-state index contributed by atoms with van der Waals surface area (Å²) in [5.41, 5.74) is 1.02. The minimum Gasteiger partial charge on any atom is -0.497 e. The van der Waals surface area contributed by atoms with Gasteiger partial charge in [-0.2, -0.15) is 0 Å². The average molecular weight is 545 g/mol. The topological polar surface area (TPSA) is 80.9 Å². The number of aryl methyl sites for hydroxylation is 1. The third-order valence-electron chi connectivity index (χ3n) is 5.91. The Morgan fingerprint density at radius 3 is 1.89 bits per heavy atom. The molecule has 1 aromatic heterocycles. The van der Waals surface area contributed by atoms with Gasteiger partial charge >= 0.3 is 5.69 Å². The molecule has 0 spiro atoms. The number of methoxy groups -OCH3 is 2. The van der Waals surface area contributed by atoms with Gasteiger partial charge in [0.15, 0.2) is 11.5 Å². The monoisotopic (exact) mass is 544 g/mol. The van der Waals surface area contributed by atoms with E-state index in [-0.39, 0.29) is 41.8 Å². The molecule has 0 unspecified atom stereocenters. The first-order valence-corrected chi connectivity index (χ1v) is 12.3. The van der Waals surface area contributed by atoms with E-state index in [0.717, 1.165) is 27.2 Å². The number of aromatic nitrogens is 2. The lowest BCUT2D eigenvalue weighted by molar-refractivity contribution is 0.256. The Hall–Kier alpha value is -3.62. The van der Waals surface area contributed by atoms with Crippen LogP contribution in [0.4, 0.5) is 0 Å². The van der Waals surface area contributed by atoms with Crippen LogP contribution in [0.3, 0.4) is 0 Å². The third kappa shape index (κ3) is 5.55. The fourth-order valence-electron chi connectivity index (χ4n) is 3.85. The maximum Gasteiger partial charge on any atom is 0.331 e. The van der Waals surface area contributed by atoms with Crippen molar-refractivity contribution in [2.45, 2.75) is 19.8 Å². The van der Waals surface area contributed by atoms with E-state index in [2.05, 4.69) is 0 Å². The highest BCUT2D eigenvalue weighted by Crippen LogP contribution is 2.40. The maximum atomic E-state index is 13.2. The molecule has 0 saturated carbocycles. The van der Waals surface area contributed by atoms with Crippen molar-refractivity contribution in [2.24, 2.45) is 7.05 Å². The van der Waals surface area contributed by atoms with Gasteiger partial charge in [0, 0.05) is 25.5 Å². The van der Waals surface area contributed by atoms with Crippen LogP contribution >= 0.6 is 23.2 Å². The molecule has 0 radical (unpaired) electrons. The summed E-state index contributed by atoms with van der Waals surface area (Å²) in [6.45, 7) is 0.412. The normalized spacial score (nSPS) is 10.9. The van der Waals surface area contributed by atoms with Crippen LogP contribution in [-0.2, 0) is 26.8 Å². The van der Waals surface area contributed by atoms with Crippen LogP contribution in [0.5, 0.6) is 23.0 Å². The van der Waals surface area contributed by atoms with Crippen LogP contribution in [0.1, 0.15) is 11.1 Å². The van der Waals surface area contributed by atoms with Crippen molar-refractivity contribution >= 4 is 34.1 Å². The second-order valence-corrected chi connectivity index (χ2v) is 8.93. The molecule has 4 rings (SSSR count). The van der Waals surface area contributed by atoms with Crippen molar-refractivity contribution in [1.29, 1.82) is 0 Å². The molecule has 3 aromatic carbocycles. The van der Waals surface area contributed by atoms with Crippen molar-refractivity contribution in [3.8, 4) is 23.0 Å². The molecule has 0 aliphatic heterocycles. The van der Waals surface area contributed by atoms with Gasteiger partial charge in [-0.15, -0.1) is 11.6 Å². The second-order valence-electron chi connectivity index (χ2n) is 8.17. The standard InChI is InChI=1S/C27H26Cl2N2O6/c1-30-21-14-22(36-15-17-4-8-19(34-2)9-5-17)25(37-16-18-6-10-20(35-3)11-7-18)24(29)23(21)26(32)31(13-12-28)27(30)33/h4-11,14H,12-13,15-16H2,1-3H3. The molecule has 10 heteroatoms. The molecule has 0 aliphatic rings. The van der Waals surface area contributed by atoms with Crippen molar-refractivity contribution in [3.05, 3.63) is 91.6 Å². The first-order valence-electron chi connectivity index (χ1n) is 11.4. The van der Waals surface area contributed by atoms with E-state index in [1.807, 2.05) is 48.5 Å². The van der Waals surface area contributed by atoms with Crippen molar-refractivity contribution in [1.82, 2.24) is 9.13 Å². The summed E-state index contributed by atoms with van der Waals surface area (Å²) in [7, 11) is 4.76.